The lowest BCUT2D eigenvalue weighted by atomic mass is 9.95. The van der Waals surface area contributed by atoms with E-state index in [-0.39, 0.29) is 24.8 Å². The maximum atomic E-state index is 12.0. The Bertz CT molecular complexity index is 700. The highest BCUT2D eigenvalue weighted by Gasteiger charge is 2.17. The Kier molecular flexibility index (Phi) is 6.75. The van der Waals surface area contributed by atoms with Gasteiger partial charge in [0.05, 0.1) is 17.6 Å². The fourth-order valence-electron chi connectivity index (χ4n) is 2.37. The molecule has 0 saturated carbocycles. The van der Waals surface area contributed by atoms with Crippen LogP contribution in [0.5, 0.6) is 0 Å². The van der Waals surface area contributed by atoms with Gasteiger partial charge in [0, 0.05) is 28.8 Å². The number of hydrogen-bond donors (Lipinski definition) is 2. The molecule has 128 valence electrons. The number of carboxylic acids is 1. The molecular formula is C17H19ClN2O3S. The van der Waals surface area contributed by atoms with Gasteiger partial charge in [-0.1, -0.05) is 23.7 Å². The van der Waals surface area contributed by atoms with E-state index >= 15 is 0 Å². The molecule has 0 saturated heterocycles. The molecule has 1 atom stereocenters. The van der Waals surface area contributed by atoms with Crippen LogP contribution in [0.3, 0.4) is 0 Å². The van der Waals surface area contributed by atoms with E-state index in [1.165, 1.54) is 0 Å². The van der Waals surface area contributed by atoms with Gasteiger partial charge < -0.3 is 10.4 Å². The SMILES string of the molecule is Cc1ncsc1CCC(=O)NCC(CC(=O)O)c1ccc(Cl)cc1. The third kappa shape index (κ3) is 5.62. The third-order valence-electron chi connectivity index (χ3n) is 3.73. The molecule has 5 nitrogen and oxygen atoms in total. The number of aryl methyl sites for hydroxylation is 2. The summed E-state index contributed by atoms with van der Waals surface area (Å²) >= 11 is 7.40. The van der Waals surface area contributed by atoms with E-state index in [1.807, 2.05) is 6.92 Å². The van der Waals surface area contributed by atoms with Crippen molar-refractivity contribution in [2.45, 2.75) is 32.1 Å². The van der Waals surface area contributed by atoms with Gasteiger partial charge in [-0.25, -0.2) is 4.98 Å². The Morgan fingerprint density at radius 3 is 2.62 bits per heavy atom. The van der Waals surface area contributed by atoms with Crippen LogP contribution in [0, 0.1) is 6.92 Å². The summed E-state index contributed by atoms with van der Waals surface area (Å²) in [5.74, 6) is -1.27. The van der Waals surface area contributed by atoms with Crippen molar-refractivity contribution in [1.82, 2.24) is 10.3 Å². The molecule has 0 bridgehead atoms. The number of nitrogens with zero attached hydrogens (tertiary/aromatic N) is 1. The van der Waals surface area contributed by atoms with Crippen molar-refractivity contribution in [1.29, 1.82) is 0 Å². The number of nitrogens with one attached hydrogen (secondary N) is 1. The largest absolute Gasteiger partial charge is 0.481 e. The van der Waals surface area contributed by atoms with Crippen LogP contribution < -0.4 is 5.32 Å². The molecule has 24 heavy (non-hydrogen) atoms. The molecule has 1 unspecified atom stereocenters. The first kappa shape index (κ1) is 18.4. The molecule has 1 heterocycles. The minimum Gasteiger partial charge on any atom is -0.481 e. The van der Waals surface area contributed by atoms with Gasteiger partial charge in [-0.2, -0.15) is 0 Å². The standard InChI is InChI=1S/C17H19ClN2O3S/c1-11-15(24-10-20-11)6-7-16(21)19-9-13(8-17(22)23)12-2-4-14(18)5-3-12/h2-5,10,13H,6-9H2,1H3,(H,19,21)(H,22,23). The van der Waals surface area contributed by atoms with Crippen molar-refractivity contribution in [3.63, 3.8) is 0 Å². The van der Waals surface area contributed by atoms with Crippen LogP contribution >= 0.6 is 22.9 Å². The summed E-state index contributed by atoms with van der Waals surface area (Å²) in [6.45, 7) is 2.21. The quantitative estimate of drug-likeness (QED) is 0.750. The van der Waals surface area contributed by atoms with Crippen LogP contribution in [-0.4, -0.2) is 28.5 Å². The molecule has 2 N–H and O–H groups in total. The summed E-state index contributed by atoms with van der Waals surface area (Å²) in [5.41, 5.74) is 3.57. The lowest BCUT2D eigenvalue weighted by Gasteiger charge is -2.16. The van der Waals surface area contributed by atoms with Crippen molar-refractivity contribution < 1.29 is 14.7 Å². The molecule has 1 aromatic heterocycles. The van der Waals surface area contributed by atoms with E-state index in [9.17, 15) is 9.59 Å². The second-order valence-electron chi connectivity index (χ2n) is 5.51. The van der Waals surface area contributed by atoms with Crippen LogP contribution in [0.4, 0.5) is 0 Å². The summed E-state index contributed by atoms with van der Waals surface area (Å²) < 4.78 is 0. The topological polar surface area (TPSA) is 79.3 Å². The number of amides is 1. The van der Waals surface area contributed by atoms with Crippen LogP contribution in [0.15, 0.2) is 29.8 Å². The Morgan fingerprint density at radius 2 is 2.04 bits per heavy atom. The Morgan fingerprint density at radius 1 is 1.33 bits per heavy atom. The second-order valence-corrected chi connectivity index (χ2v) is 6.89. The Labute approximate surface area is 149 Å². The number of carbonyl (C=O) groups is 2. The Balaban J connectivity index is 1.89. The number of thiazole rings is 1. The number of carbonyl (C=O) groups excluding carboxylic acids is 1. The zero-order valence-corrected chi connectivity index (χ0v) is 14.9. The van der Waals surface area contributed by atoms with E-state index in [1.54, 1.807) is 41.1 Å². The molecular weight excluding hydrogens is 348 g/mol. The van der Waals surface area contributed by atoms with Crippen molar-refractivity contribution >= 4 is 34.8 Å². The monoisotopic (exact) mass is 366 g/mol. The first-order valence-electron chi connectivity index (χ1n) is 7.58. The summed E-state index contributed by atoms with van der Waals surface area (Å²) in [5, 5.41) is 12.5. The molecule has 2 aromatic rings. The van der Waals surface area contributed by atoms with Gasteiger partial charge in [0.25, 0.3) is 0 Å². The third-order valence-corrected chi connectivity index (χ3v) is 4.98. The highest BCUT2D eigenvalue weighted by molar-refractivity contribution is 7.09. The highest BCUT2D eigenvalue weighted by Crippen LogP contribution is 2.21. The second kappa shape index (κ2) is 8.80. The lowest BCUT2D eigenvalue weighted by molar-refractivity contribution is -0.137. The van der Waals surface area contributed by atoms with Gasteiger partial charge in [-0.3, -0.25) is 9.59 Å². The number of carboxylic acid groups (broad SMARTS) is 1. The molecule has 1 amide bonds. The van der Waals surface area contributed by atoms with Crippen molar-refractivity contribution in [2.75, 3.05) is 6.54 Å². The summed E-state index contributed by atoms with van der Waals surface area (Å²) in [6, 6.07) is 7.03. The molecule has 7 heteroatoms. The number of hydrogen-bond acceptors (Lipinski definition) is 4. The predicted octanol–water partition coefficient (Wildman–Crippen LogP) is 3.41. The summed E-state index contributed by atoms with van der Waals surface area (Å²) in [6.07, 6.45) is 0.964. The minimum absolute atomic E-state index is 0.0458. The van der Waals surface area contributed by atoms with Gasteiger partial charge in [0.15, 0.2) is 0 Å². The number of benzene rings is 1. The van der Waals surface area contributed by atoms with Crippen molar-refractivity contribution in [2.24, 2.45) is 0 Å². The predicted molar refractivity (Wildman–Crippen MR) is 94.6 cm³/mol. The van der Waals surface area contributed by atoms with Crippen LogP contribution in [-0.2, 0) is 16.0 Å². The maximum absolute atomic E-state index is 12.0. The molecule has 0 aliphatic carbocycles. The highest BCUT2D eigenvalue weighted by atomic mass is 35.5. The first-order valence-corrected chi connectivity index (χ1v) is 8.84. The number of aromatic nitrogens is 1. The smallest absolute Gasteiger partial charge is 0.304 e. The molecule has 2 rings (SSSR count). The van der Waals surface area contributed by atoms with E-state index in [0.717, 1.165) is 16.1 Å². The minimum atomic E-state index is -0.899. The molecule has 0 spiro atoms. The summed E-state index contributed by atoms with van der Waals surface area (Å²) in [7, 11) is 0. The summed E-state index contributed by atoms with van der Waals surface area (Å²) in [4.78, 5) is 28.4. The molecule has 0 fully saturated rings. The molecule has 1 aromatic carbocycles. The zero-order valence-electron chi connectivity index (χ0n) is 13.3. The number of rotatable bonds is 8. The Hall–Kier alpha value is -1.92. The first-order chi connectivity index (χ1) is 11.5. The molecule has 0 aliphatic heterocycles. The van der Waals surface area contributed by atoms with Crippen molar-refractivity contribution in [3.8, 4) is 0 Å². The average molecular weight is 367 g/mol. The number of halogens is 1. The number of aliphatic carboxylic acids is 1. The average Bonchev–Trinajstić information content (AvgIpc) is 2.95. The van der Waals surface area contributed by atoms with Crippen LogP contribution in [0.1, 0.15) is 34.9 Å². The van der Waals surface area contributed by atoms with Crippen LogP contribution in [0.2, 0.25) is 5.02 Å². The fraction of sp³-hybridized carbons (Fsp3) is 0.353. The molecule has 0 aliphatic rings. The van der Waals surface area contributed by atoms with Crippen LogP contribution in [0.25, 0.3) is 0 Å². The van der Waals surface area contributed by atoms with E-state index in [4.69, 9.17) is 16.7 Å². The van der Waals surface area contributed by atoms with Gasteiger partial charge in [-0.15, -0.1) is 11.3 Å². The van der Waals surface area contributed by atoms with Gasteiger partial charge >= 0.3 is 5.97 Å². The normalized spacial score (nSPS) is 11.9. The van der Waals surface area contributed by atoms with Crippen molar-refractivity contribution in [3.05, 3.63) is 50.9 Å². The van der Waals surface area contributed by atoms with Gasteiger partial charge in [0.1, 0.15) is 0 Å². The van der Waals surface area contributed by atoms with E-state index < -0.39 is 5.97 Å². The van der Waals surface area contributed by atoms with E-state index in [2.05, 4.69) is 10.3 Å². The van der Waals surface area contributed by atoms with Gasteiger partial charge in [0.2, 0.25) is 5.91 Å². The molecule has 0 radical (unpaired) electrons. The van der Waals surface area contributed by atoms with Gasteiger partial charge in [-0.05, 0) is 31.0 Å². The lowest BCUT2D eigenvalue weighted by Crippen LogP contribution is -2.29. The fourth-order valence-corrected chi connectivity index (χ4v) is 3.28. The van der Waals surface area contributed by atoms with E-state index in [0.29, 0.717) is 17.9 Å². The zero-order chi connectivity index (χ0) is 17.5. The maximum Gasteiger partial charge on any atom is 0.304 e.